The van der Waals surface area contributed by atoms with Crippen LogP contribution >= 0.6 is 0 Å². The van der Waals surface area contributed by atoms with Gasteiger partial charge in [-0.15, -0.1) is 6.58 Å². The molecule has 0 aromatic heterocycles. The average Bonchev–Trinajstić information content (AvgIpc) is 2.86. The topological polar surface area (TPSA) is 188 Å². The Morgan fingerprint density at radius 1 is 0.875 bits per heavy atom. The molecule has 5 N–H and O–H groups in total. The molecule has 3 atom stereocenters. The van der Waals surface area contributed by atoms with Crippen molar-refractivity contribution in [1.29, 1.82) is 0 Å². The lowest BCUT2D eigenvalue weighted by Gasteiger charge is -2.21. The van der Waals surface area contributed by atoms with E-state index in [9.17, 15) is 32.5 Å². The van der Waals surface area contributed by atoms with Gasteiger partial charge in [-0.1, -0.05) is 76.5 Å². The van der Waals surface area contributed by atoms with Crippen LogP contribution in [0.25, 0.3) is 0 Å². The molecule has 0 heterocycles. The lowest BCUT2D eigenvalue weighted by Crippen LogP contribution is -2.38. The molecule has 0 amide bonds. The molecule has 0 saturated heterocycles. The Morgan fingerprint density at radius 3 is 1.90 bits per heavy atom. The molecule has 3 unspecified atom stereocenters. The molecule has 0 aliphatic rings. The van der Waals surface area contributed by atoms with Gasteiger partial charge in [0.1, 0.15) is 6.10 Å². The number of carbonyl (C=O) groups excluding carboxylic acids is 3. The Balaban J connectivity index is 0. The maximum Gasteiger partial charge on any atom is 0.335 e. The molecule has 0 aromatic rings. The maximum atomic E-state index is 12.2. The smallest absolute Gasteiger partial charge is 0.335 e. The molecule has 40 heavy (non-hydrogen) atoms. The number of esters is 3. The second-order valence-corrected chi connectivity index (χ2v) is 11.2. The monoisotopic (exact) mass is 593 g/mol. The molecule has 11 nitrogen and oxygen atoms in total. The lowest BCUT2D eigenvalue weighted by atomic mass is 10.1. The van der Waals surface area contributed by atoms with Gasteiger partial charge in [-0.05, 0) is 39.0 Å². The molecule has 0 aliphatic carbocycles. The summed E-state index contributed by atoms with van der Waals surface area (Å²) >= 11 is 0. The normalized spacial score (nSPS) is 13.7. The Kier molecular flexibility index (Phi) is 24.7. The van der Waals surface area contributed by atoms with E-state index in [0.29, 0.717) is 6.42 Å². The van der Waals surface area contributed by atoms with Crippen LogP contribution in [-0.4, -0.2) is 60.2 Å². The third-order valence-corrected chi connectivity index (χ3v) is 6.93. The van der Waals surface area contributed by atoms with E-state index < -0.39 is 52.1 Å². The summed E-state index contributed by atoms with van der Waals surface area (Å²) in [5.74, 6) is -3.78. The van der Waals surface area contributed by atoms with Crippen LogP contribution in [0.2, 0.25) is 0 Å². The molecule has 0 spiro atoms. The van der Waals surface area contributed by atoms with E-state index in [4.69, 9.17) is 9.47 Å². The van der Waals surface area contributed by atoms with E-state index in [1.807, 2.05) is 0 Å². The minimum absolute atomic E-state index is 0. The van der Waals surface area contributed by atoms with Crippen LogP contribution in [0.5, 0.6) is 0 Å². The van der Waals surface area contributed by atoms with Gasteiger partial charge in [0.15, 0.2) is 5.25 Å². The average molecular weight is 594 g/mol. The maximum absolute atomic E-state index is 12.2. The zero-order valence-electron chi connectivity index (χ0n) is 24.3. The number of carbonyl (C=O) groups is 3. The molecule has 12 heteroatoms. The van der Waals surface area contributed by atoms with E-state index in [0.717, 1.165) is 38.5 Å². The first-order valence-corrected chi connectivity index (χ1v) is 15.5. The molecule has 0 aliphatic heterocycles. The van der Waals surface area contributed by atoms with Gasteiger partial charge in [0, 0.05) is 6.42 Å². The van der Waals surface area contributed by atoms with Crippen molar-refractivity contribution in [2.24, 2.45) is 0 Å². The summed E-state index contributed by atoms with van der Waals surface area (Å²) in [4.78, 5) is 36.3. The minimum atomic E-state index is -5.08. The van der Waals surface area contributed by atoms with Crippen LogP contribution < -0.4 is 6.15 Å². The number of aliphatic hydroxyl groups is 1. The summed E-state index contributed by atoms with van der Waals surface area (Å²) in [5.41, 5.74) is 0. The predicted octanol–water partition coefficient (Wildman–Crippen LogP) is 5.35. The predicted molar refractivity (Wildman–Crippen MR) is 153 cm³/mol. The number of unbranched alkanes of at least 4 members (excludes halogenated alkanes) is 11. The summed E-state index contributed by atoms with van der Waals surface area (Å²) < 4.78 is 47.0. The number of rotatable bonds is 24. The molecule has 0 saturated carbocycles. The highest BCUT2D eigenvalue weighted by atomic mass is 32.2. The highest BCUT2D eigenvalue weighted by Gasteiger charge is 2.37. The summed E-state index contributed by atoms with van der Waals surface area (Å²) in [6.45, 7) is 6.82. The molecule has 0 bridgehead atoms. The second-order valence-electron chi connectivity index (χ2n) is 9.56. The van der Waals surface area contributed by atoms with Gasteiger partial charge in [0.25, 0.3) is 10.1 Å². The first-order valence-electron chi connectivity index (χ1n) is 14.0. The van der Waals surface area contributed by atoms with Crippen LogP contribution in [0, 0.1) is 0 Å². The van der Waals surface area contributed by atoms with Gasteiger partial charge in [0.2, 0.25) is 6.29 Å². The van der Waals surface area contributed by atoms with Gasteiger partial charge in [-0.3, -0.25) is 18.9 Å². The van der Waals surface area contributed by atoms with Crippen molar-refractivity contribution in [2.45, 2.75) is 128 Å². The van der Waals surface area contributed by atoms with Crippen molar-refractivity contribution in [3.8, 4) is 0 Å². The molecule has 234 valence electrons. The minimum Gasteiger partial charge on any atom is -0.433 e. The number of allylic oxidation sites excluding steroid dienone is 2. The Bertz CT molecular complexity index is 842. The number of ether oxygens (including phenoxy) is 3. The third-order valence-electron chi connectivity index (χ3n) is 5.85. The van der Waals surface area contributed by atoms with Crippen molar-refractivity contribution >= 4 is 28.0 Å². The van der Waals surface area contributed by atoms with Gasteiger partial charge < -0.3 is 25.5 Å². The largest absolute Gasteiger partial charge is 0.433 e. The summed E-state index contributed by atoms with van der Waals surface area (Å²) in [6, 6.07) is 0. The standard InChI is InChI=1S/C28H48O10S.H3N/c1-4-6-7-8-9-10-11-12-13-14-15-16-17-18-19-20-25(30)37-27(32)24(39(33,34)35)22-26(31)38-28(23(3)29)36-21-5-2;/h5,12-13,23-24,28-29H,2,4,6-11,14-22H2,1,3H3,(H,33,34,35);1H3/b13-12-;. The molecule has 0 aromatic carbocycles. The van der Waals surface area contributed by atoms with E-state index in [2.05, 4.69) is 30.4 Å². The van der Waals surface area contributed by atoms with Crippen LogP contribution in [0.15, 0.2) is 24.8 Å². The fraction of sp³-hybridized carbons (Fsp3) is 0.750. The SMILES string of the molecule is C=CCOC(OC(=O)CC(C(=O)OC(=O)CCCCCCC/C=C\CCCCCCCC)S(=O)(=O)O)C(C)O.N. The fourth-order valence-electron chi connectivity index (χ4n) is 3.64. The number of hydrogen-bond donors (Lipinski definition) is 3. The fourth-order valence-corrected chi connectivity index (χ4v) is 4.28. The molecule has 0 rings (SSSR count). The second kappa shape index (κ2) is 24.7. The molecular weight excluding hydrogens is 542 g/mol. The summed E-state index contributed by atoms with van der Waals surface area (Å²) in [7, 11) is -5.08. The molecular formula is C28H51NO10S. The lowest BCUT2D eigenvalue weighted by molar-refractivity contribution is -0.198. The highest BCUT2D eigenvalue weighted by Crippen LogP contribution is 2.14. The zero-order chi connectivity index (χ0) is 29.5. The van der Waals surface area contributed by atoms with Crippen LogP contribution in [-0.2, 0) is 38.7 Å². The summed E-state index contributed by atoms with van der Waals surface area (Å²) in [5, 5.41) is 7.25. The first kappa shape index (κ1) is 40.0. The van der Waals surface area contributed by atoms with Crippen molar-refractivity contribution in [3.63, 3.8) is 0 Å². The van der Waals surface area contributed by atoms with Gasteiger partial charge in [0.05, 0.1) is 13.0 Å². The zero-order valence-corrected chi connectivity index (χ0v) is 25.1. The third kappa shape index (κ3) is 21.7. The van der Waals surface area contributed by atoms with E-state index in [-0.39, 0.29) is 19.2 Å². The highest BCUT2D eigenvalue weighted by molar-refractivity contribution is 7.87. The Morgan fingerprint density at radius 2 is 1.40 bits per heavy atom. The Hall–Kier alpha value is -2.12. The van der Waals surface area contributed by atoms with Crippen LogP contribution in [0.4, 0.5) is 0 Å². The van der Waals surface area contributed by atoms with E-state index >= 15 is 0 Å². The van der Waals surface area contributed by atoms with Crippen molar-refractivity contribution in [3.05, 3.63) is 24.8 Å². The molecule has 0 fully saturated rings. The van der Waals surface area contributed by atoms with Gasteiger partial charge >= 0.3 is 17.9 Å². The van der Waals surface area contributed by atoms with Crippen molar-refractivity contribution in [2.75, 3.05) is 6.61 Å². The quantitative estimate of drug-likeness (QED) is 0.0326. The van der Waals surface area contributed by atoms with E-state index in [1.165, 1.54) is 51.5 Å². The van der Waals surface area contributed by atoms with Gasteiger partial charge in [-0.2, -0.15) is 8.42 Å². The van der Waals surface area contributed by atoms with Gasteiger partial charge in [-0.25, -0.2) is 0 Å². The van der Waals surface area contributed by atoms with Crippen molar-refractivity contribution < 1.29 is 46.7 Å². The van der Waals surface area contributed by atoms with Crippen LogP contribution in [0.1, 0.15) is 110 Å². The van der Waals surface area contributed by atoms with Crippen LogP contribution in [0.3, 0.4) is 0 Å². The first-order chi connectivity index (χ1) is 18.5. The molecule has 0 radical (unpaired) electrons. The van der Waals surface area contributed by atoms with E-state index in [1.54, 1.807) is 0 Å². The summed E-state index contributed by atoms with van der Waals surface area (Å²) in [6.07, 6.45) is 15.9. The van der Waals surface area contributed by atoms with Crippen molar-refractivity contribution in [1.82, 2.24) is 6.15 Å². The Labute approximate surface area is 240 Å². The number of aliphatic hydroxyl groups excluding tert-OH is 1. The number of hydrogen-bond acceptors (Lipinski definition) is 10.